The molecule has 248 valence electrons. The highest BCUT2D eigenvalue weighted by Crippen LogP contribution is 2.35. The number of hydrogen-bond donors (Lipinski definition) is 6. The maximum absolute atomic E-state index is 14.3. The summed E-state index contributed by atoms with van der Waals surface area (Å²) in [6.07, 6.45) is 11.1. The summed E-state index contributed by atoms with van der Waals surface area (Å²) in [5, 5.41) is 23.0. The molecule has 0 aromatic heterocycles. The predicted molar refractivity (Wildman–Crippen MR) is 165 cm³/mol. The first-order chi connectivity index (χ1) is 21.6. The second-order valence-electron chi connectivity index (χ2n) is 12.1. The van der Waals surface area contributed by atoms with Crippen molar-refractivity contribution >= 4 is 47.9 Å². The van der Waals surface area contributed by atoms with Crippen LogP contribution in [-0.2, 0) is 28.7 Å². The molecule has 0 aromatic rings. The molecular weight excluding hydrogens is 582 g/mol. The van der Waals surface area contributed by atoms with Gasteiger partial charge in [-0.05, 0) is 37.5 Å². The van der Waals surface area contributed by atoms with E-state index < -0.39 is 65.5 Å². The minimum Gasteiger partial charge on any atom is -0.460 e. The molecule has 3 fully saturated rings. The van der Waals surface area contributed by atoms with Crippen LogP contribution in [0.15, 0.2) is 12.7 Å². The molecule has 0 radical (unpaired) electrons. The van der Waals surface area contributed by atoms with Gasteiger partial charge in [-0.2, -0.15) is 0 Å². The smallest absolute Gasteiger partial charge is 0.315 e. The van der Waals surface area contributed by atoms with Gasteiger partial charge in [0.05, 0.1) is 12.5 Å². The maximum atomic E-state index is 14.3. The van der Waals surface area contributed by atoms with Crippen molar-refractivity contribution in [1.29, 1.82) is 10.8 Å². The lowest BCUT2D eigenvalue weighted by molar-refractivity contribution is -0.144. The second-order valence-corrected chi connectivity index (χ2v) is 12.1. The standard InChI is InChI=1S/C31H47N7O7/c1-2-20(18-33)22-12-15-38(26(22)29(42)36-23(27(40)28(34)41)17-19-7-6-8-19)30(43)25(21-9-4-3-5-10-21)37-31(44)35-14-11-24(39)45-16-13-32/h2,13,18-23,25-26,32-33H,1,3-12,14-17H2,(H2,34,41)(H,36,42)(H2,35,37,44)/t20?,22-,23?,25+,26+/m1/s1. The third kappa shape index (κ3) is 9.69. The number of urea groups is 1. The summed E-state index contributed by atoms with van der Waals surface area (Å²) in [6, 6.07) is -3.80. The molecule has 1 heterocycles. The van der Waals surface area contributed by atoms with Gasteiger partial charge in [-0.1, -0.05) is 44.6 Å². The van der Waals surface area contributed by atoms with Crippen LogP contribution >= 0.6 is 0 Å². The number of likely N-dealkylation sites (tertiary alicyclic amines) is 1. The number of nitrogens with two attached hydrogens (primary N) is 1. The Bertz CT molecular complexity index is 1130. The normalized spacial score (nSPS) is 22.1. The lowest BCUT2D eigenvalue weighted by Crippen LogP contribution is -2.60. The fourth-order valence-electron chi connectivity index (χ4n) is 6.60. The van der Waals surface area contributed by atoms with Crippen molar-refractivity contribution in [3.8, 4) is 0 Å². The molecule has 45 heavy (non-hydrogen) atoms. The van der Waals surface area contributed by atoms with Crippen molar-refractivity contribution in [3.05, 3.63) is 12.7 Å². The molecule has 0 bridgehead atoms. The van der Waals surface area contributed by atoms with Gasteiger partial charge in [-0.3, -0.25) is 24.0 Å². The van der Waals surface area contributed by atoms with E-state index in [1.54, 1.807) is 6.08 Å². The van der Waals surface area contributed by atoms with Gasteiger partial charge in [-0.25, -0.2) is 4.79 Å². The average molecular weight is 630 g/mol. The van der Waals surface area contributed by atoms with Gasteiger partial charge in [0.2, 0.25) is 17.6 Å². The SMILES string of the molecule is C=CC(C=N)[C@H]1CCN(C(=O)[C@@H](NC(=O)NCCC(=O)OCC=N)C2CCCCC2)[C@@H]1C(=O)NC(CC1CCC1)C(=O)C(N)=O. The minimum absolute atomic E-state index is 0.0400. The summed E-state index contributed by atoms with van der Waals surface area (Å²) in [5.41, 5.74) is 5.31. The molecule has 14 heteroatoms. The number of allylic oxidation sites excluding steroid dienone is 1. The zero-order valence-corrected chi connectivity index (χ0v) is 25.8. The summed E-state index contributed by atoms with van der Waals surface area (Å²) in [7, 11) is 0. The van der Waals surface area contributed by atoms with Crippen LogP contribution in [-0.4, -0.2) is 90.7 Å². The van der Waals surface area contributed by atoms with Gasteiger partial charge in [0, 0.05) is 37.4 Å². The Balaban J connectivity index is 1.82. The van der Waals surface area contributed by atoms with Crippen LogP contribution < -0.4 is 21.7 Å². The molecule has 3 aliphatic rings. The molecule has 14 nitrogen and oxygen atoms in total. The molecule has 2 saturated carbocycles. The number of rotatable bonds is 17. The van der Waals surface area contributed by atoms with Crippen LogP contribution in [0.5, 0.6) is 0 Å². The first kappa shape index (κ1) is 35.4. The maximum Gasteiger partial charge on any atom is 0.315 e. The number of nitrogens with one attached hydrogen (secondary N) is 5. The van der Waals surface area contributed by atoms with E-state index in [9.17, 15) is 28.8 Å². The number of primary amides is 1. The highest BCUT2D eigenvalue weighted by atomic mass is 16.5. The van der Waals surface area contributed by atoms with E-state index in [2.05, 4.69) is 22.5 Å². The minimum atomic E-state index is -1.14. The summed E-state index contributed by atoms with van der Waals surface area (Å²) < 4.78 is 4.80. The molecule has 3 rings (SSSR count). The summed E-state index contributed by atoms with van der Waals surface area (Å²) >= 11 is 0. The van der Waals surface area contributed by atoms with E-state index in [0.29, 0.717) is 19.3 Å². The molecule has 0 spiro atoms. The molecule has 2 aliphatic carbocycles. The molecule has 5 atom stereocenters. The summed E-state index contributed by atoms with van der Waals surface area (Å²) in [6.45, 7) is 3.79. The summed E-state index contributed by atoms with van der Waals surface area (Å²) in [5.74, 6) is -4.73. The van der Waals surface area contributed by atoms with Crippen molar-refractivity contribution in [2.45, 2.75) is 88.8 Å². The van der Waals surface area contributed by atoms with Crippen LogP contribution in [0.3, 0.4) is 0 Å². The van der Waals surface area contributed by atoms with E-state index in [0.717, 1.165) is 44.7 Å². The largest absolute Gasteiger partial charge is 0.460 e. The number of Topliss-reactive ketones (excluding diaryl/α,β-unsaturated/α-hetero) is 1. The van der Waals surface area contributed by atoms with Crippen LogP contribution in [0.2, 0.25) is 0 Å². The van der Waals surface area contributed by atoms with E-state index >= 15 is 0 Å². The second kappa shape index (κ2) is 17.4. The fraction of sp³-hybridized carbons (Fsp3) is 0.677. The number of carbonyl (C=O) groups is 6. The Morgan fingerprint density at radius 1 is 0.978 bits per heavy atom. The van der Waals surface area contributed by atoms with Crippen molar-refractivity contribution in [3.63, 3.8) is 0 Å². The number of nitrogens with zero attached hydrogens (tertiary/aromatic N) is 1. The van der Waals surface area contributed by atoms with Crippen LogP contribution in [0.25, 0.3) is 0 Å². The van der Waals surface area contributed by atoms with Crippen molar-refractivity contribution < 1.29 is 33.5 Å². The number of carbonyl (C=O) groups excluding carboxylic acids is 6. The topological polar surface area (TPSA) is 225 Å². The van der Waals surface area contributed by atoms with Crippen LogP contribution in [0.4, 0.5) is 4.79 Å². The van der Waals surface area contributed by atoms with E-state index in [1.807, 2.05) is 0 Å². The quantitative estimate of drug-likeness (QED) is 0.0596. The number of ketones is 1. The average Bonchev–Trinajstić information content (AvgIpc) is 3.45. The molecule has 1 aliphatic heterocycles. The Hall–Kier alpha value is -4.10. The Kier molecular flexibility index (Phi) is 13.7. The highest BCUT2D eigenvalue weighted by Gasteiger charge is 2.48. The molecule has 0 aromatic carbocycles. The molecule has 1 saturated heterocycles. The lowest BCUT2D eigenvalue weighted by atomic mass is 9.79. The van der Waals surface area contributed by atoms with Crippen molar-refractivity contribution in [2.24, 2.45) is 29.4 Å². The van der Waals surface area contributed by atoms with E-state index in [-0.39, 0.29) is 44.4 Å². The van der Waals surface area contributed by atoms with Crippen LogP contribution in [0.1, 0.15) is 70.6 Å². The van der Waals surface area contributed by atoms with Gasteiger partial charge in [0.1, 0.15) is 18.7 Å². The lowest BCUT2D eigenvalue weighted by Gasteiger charge is -2.36. The third-order valence-corrected chi connectivity index (χ3v) is 9.24. The third-order valence-electron chi connectivity index (χ3n) is 9.24. The number of esters is 1. The highest BCUT2D eigenvalue weighted by molar-refractivity contribution is 6.37. The monoisotopic (exact) mass is 629 g/mol. The Morgan fingerprint density at radius 2 is 1.69 bits per heavy atom. The number of amides is 5. The number of ether oxygens (including phenoxy) is 1. The van der Waals surface area contributed by atoms with Gasteiger partial charge in [0.25, 0.3) is 5.91 Å². The van der Waals surface area contributed by atoms with E-state index in [1.165, 1.54) is 11.1 Å². The van der Waals surface area contributed by atoms with Crippen molar-refractivity contribution in [2.75, 3.05) is 19.7 Å². The van der Waals surface area contributed by atoms with Gasteiger partial charge < -0.3 is 42.1 Å². The van der Waals surface area contributed by atoms with Crippen molar-refractivity contribution in [1.82, 2.24) is 20.9 Å². The molecular formula is C31H47N7O7. The fourth-order valence-corrected chi connectivity index (χ4v) is 6.60. The zero-order valence-electron chi connectivity index (χ0n) is 25.8. The molecule has 2 unspecified atom stereocenters. The predicted octanol–water partition coefficient (Wildman–Crippen LogP) is 1.22. The Morgan fingerprint density at radius 3 is 2.27 bits per heavy atom. The van der Waals surface area contributed by atoms with Gasteiger partial charge in [0.15, 0.2) is 0 Å². The molecule has 5 amide bonds. The van der Waals surface area contributed by atoms with Gasteiger partial charge in [-0.15, -0.1) is 6.58 Å². The molecule has 7 N–H and O–H groups in total. The first-order valence-electron chi connectivity index (χ1n) is 15.9. The number of hydrogen-bond acceptors (Lipinski definition) is 9. The summed E-state index contributed by atoms with van der Waals surface area (Å²) in [4.78, 5) is 78.9. The van der Waals surface area contributed by atoms with Crippen LogP contribution in [0, 0.1) is 34.5 Å². The zero-order chi connectivity index (χ0) is 32.9. The Labute approximate surface area is 263 Å². The van der Waals surface area contributed by atoms with E-state index in [4.69, 9.17) is 21.3 Å². The first-order valence-corrected chi connectivity index (χ1v) is 15.9. The van der Waals surface area contributed by atoms with Gasteiger partial charge >= 0.3 is 12.0 Å².